The molecule has 0 spiro atoms. The standard InChI is InChI=1S/C14H12BrFN2O3/c1-17-8-9-2-3-10(6-12(9)15)21-11-4-5-14(18(19)20)13(16)7-11/h2-7,17H,8H2,1H3. The zero-order chi connectivity index (χ0) is 15.4. The van der Waals surface area contributed by atoms with Gasteiger partial charge in [0.1, 0.15) is 11.5 Å². The van der Waals surface area contributed by atoms with E-state index in [1.54, 1.807) is 12.1 Å². The van der Waals surface area contributed by atoms with E-state index in [2.05, 4.69) is 21.2 Å². The van der Waals surface area contributed by atoms with Crippen molar-refractivity contribution >= 4 is 21.6 Å². The Kier molecular flexibility index (Phi) is 4.87. The molecule has 0 radical (unpaired) electrons. The summed E-state index contributed by atoms with van der Waals surface area (Å²) in [7, 11) is 1.84. The van der Waals surface area contributed by atoms with E-state index in [0.29, 0.717) is 12.3 Å². The van der Waals surface area contributed by atoms with Crippen LogP contribution >= 0.6 is 15.9 Å². The van der Waals surface area contributed by atoms with Crippen molar-refractivity contribution in [1.29, 1.82) is 0 Å². The van der Waals surface area contributed by atoms with Crippen LogP contribution in [0.1, 0.15) is 5.56 Å². The molecule has 110 valence electrons. The molecule has 0 fully saturated rings. The van der Waals surface area contributed by atoms with Gasteiger partial charge in [0.25, 0.3) is 0 Å². The predicted molar refractivity (Wildman–Crippen MR) is 80.0 cm³/mol. The minimum atomic E-state index is -0.927. The smallest absolute Gasteiger partial charge is 0.305 e. The average molecular weight is 355 g/mol. The Morgan fingerprint density at radius 1 is 1.29 bits per heavy atom. The normalized spacial score (nSPS) is 10.4. The molecule has 0 saturated carbocycles. The molecule has 0 aliphatic carbocycles. The lowest BCUT2D eigenvalue weighted by atomic mass is 10.2. The second-order valence-corrected chi connectivity index (χ2v) is 5.11. The van der Waals surface area contributed by atoms with Gasteiger partial charge in [-0.1, -0.05) is 22.0 Å². The van der Waals surface area contributed by atoms with Crippen LogP contribution in [-0.2, 0) is 6.54 Å². The number of halogens is 2. The van der Waals surface area contributed by atoms with E-state index in [9.17, 15) is 14.5 Å². The average Bonchev–Trinajstić information content (AvgIpc) is 2.41. The number of nitro groups is 1. The molecule has 0 bridgehead atoms. The number of nitrogens with one attached hydrogen (secondary N) is 1. The topological polar surface area (TPSA) is 64.4 Å². The number of hydrogen-bond donors (Lipinski definition) is 1. The maximum Gasteiger partial charge on any atom is 0.305 e. The fourth-order valence-corrected chi connectivity index (χ4v) is 2.26. The fourth-order valence-electron chi connectivity index (χ4n) is 1.76. The summed E-state index contributed by atoms with van der Waals surface area (Å²) in [5.41, 5.74) is 0.479. The zero-order valence-corrected chi connectivity index (χ0v) is 12.7. The minimum Gasteiger partial charge on any atom is -0.457 e. The number of hydrogen-bond acceptors (Lipinski definition) is 4. The molecule has 0 aliphatic rings. The second-order valence-electron chi connectivity index (χ2n) is 4.26. The van der Waals surface area contributed by atoms with Gasteiger partial charge < -0.3 is 10.1 Å². The van der Waals surface area contributed by atoms with Crippen LogP contribution in [0.2, 0.25) is 0 Å². The lowest BCUT2D eigenvalue weighted by Crippen LogP contribution is -2.05. The van der Waals surface area contributed by atoms with Crippen molar-refractivity contribution in [1.82, 2.24) is 5.32 Å². The van der Waals surface area contributed by atoms with Gasteiger partial charge >= 0.3 is 5.69 Å². The second kappa shape index (κ2) is 6.64. The Labute approximate surface area is 129 Å². The van der Waals surface area contributed by atoms with Crippen molar-refractivity contribution in [3.63, 3.8) is 0 Å². The van der Waals surface area contributed by atoms with Gasteiger partial charge in [-0.05, 0) is 30.8 Å². The molecular weight excluding hydrogens is 343 g/mol. The Morgan fingerprint density at radius 3 is 2.52 bits per heavy atom. The summed E-state index contributed by atoms with van der Waals surface area (Å²) >= 11 is 3.42. The molecule has 0 amide bonds. The number of benzene rings is 2. The molecule has 2 rings (SSSR count). The van der Waals surface area contributed by atoms with E-state index in [-0.39, 0.29) is 5.75 Å². The van der Waals surface area contributed by atoms with Gasteiger partial charge in [-0.15, -0.1) is 0 Å². The number of nitro benzene ring substituents is 1. The van der Waals surface area contributed by atoms with Crippen LogP contribution in [-0.4, -0.2) is 12.0 Å². The van der Waals surface area contributed by atoms with Crippen molar-refractivity contribution < 1.29 is 14.1 Å². The summed E-state index contributed by atoms with van der Waals surface area (Å²) in [6.07, 6.45) is 0. The summed E-state index contributed by atoms with van der Waals surface area (Å²) in [6.45, 7) is 0.701. The first-order valence-electron chi connectivity index (χ1n) is 6.06. The van der Waals surface area contributed by atoms with Gasteiger partial charge in [0, 0.05) is 23.2 Å². The van der Waals surface area contributed by atoms with Crippen LogP contribution in [0.4, 0.5) is 10.1 Å². The Hall–Kier alpha value is -1.99. The highest BCUT2D eigenvalue weighted by molar-refractivity contribution is 9.10. The van der Waals surface area contributed by atoms with E-state index < -0.39 is 16.4 Å². The third kappa shape index (κ3) is 3.77. The highest BCUT2D eigenvalue weighted by Crippen LogP contribution is 2.29. The maximum atomic E-state index is 13.5. The van der Waals surface area contributed by atoms with Crippen LogP contribution in [0.15, 0.2) is 40.9 Å². The summed E-state index contributed by atoms with van der Waals surface area (Å²) < 4.78 is 19.9. The van der Waals surface area contributed by atoms with E-state index in [1.807, 2.05) is 13.1 Å². The van der Waals surface area contributed by atoms with Crippen LogP contribution in [0, 0.1) is 15.9 Å². The van der Waals surface area contributed by atoms with Gasteiger partial charge in [0.05, 0.1) is 4.92 Å². The molecular formula is C14H12BrFN2O3. The van der Waals surface area contributed by atoms with Crippen LogP contribution in [0.3, 0.4) is 0 Å². The SMILES string of the molecule is CNCc1ccc(Oc2ccc([N+](=O)[O-])c(F)c2)cc1Br. The first-order valence-corrected chi connectivity index (χ1v) is 6.85. The Morgan fingerprint density at radius 2 is 1.95 bits per heavy atom. The summed E-state index contributed by atoms with van der Waals surface area (Å²) in [4.78, 5) is 9.77. The molecule has 0 saturated heterocycles. The fraction of sp³-hybridized carbons (Fsp3) is 0.143. The molecule has 21 heavy (non-hydrogen) atoms. The molecule has 2 aromatic rings. The zero-order valence-electron chi connectivity index (χ0n) is 11.1. The van der Waals surface area contributed by atoms with Crippen LogP contribution in [0.5, 0.6) is 11.5 Å². The third-order valence-corrected chi connectivity index (χ3v) is 3.48. The summed E-state index contributed by atoms with van der Waals surface area (Å²) in [5, 5.41) is 13.6. The van der Waals surface area contributed by atoms with Crippen molar-refractivity contribution in [2.24, 2.45) is 0 Å². The van der Waals surface area contributed by atoms with Crippen LogP contribution in [0.25, 0.3) is 0 Å². The van der Waals surface area contributed by atoms with E-state index in [4.69, 9.17) is 4.74 Å². The Balaban J connectivity index is 2.20. The lowest BCUT2D eigenvalue weighted by Gasteiger charge is -2.09. The molecule has 0 aromatic heterocycles. The third-order valence-electron chi connectivity index (χ3n) is 2.74. The summed E-state index contributed by atoms with van der Waals surface area (Å²) in [6, 6.07) is 8.81. The summed E-state index contributed by atoms with van der Waals surface area (Å²) in [5.74, 6) is -0.218. The number of nitrogens with zero attached hydrogens (tertiary/aromatic N) is 1. The largest absolute Gasteiger partial charge is 0.457 e. The quantitative estimate of drug-likeness (QED) is 0.650. The van der Waals surface area contributed by atoms with Crippen LogP contribution < -0.4 is 10.1 Å². The van der Waals surface area contributed by atoms with Crippen molar-refractivity contribution in [3.05, 3.63) is 62.4 Å². The van der Waals surface area contributed by atoms with E-state index >= 15 is 0 Å². The first kappa shape index (κ1) is 15.4. The van der Waals surface area contributed by atoms with Crippen molar-refractivity contribution in [2.45, 2.75) is 6.54 Å². The number of ether oxygens (including phenoxy) is 1. The maximum absolute atomic E-state index is 13.5. The first-order chi connectivity index (χ1) is 10.0. The van der Waals surface area contributed by atoms with Gasteiger partial charge in [0.15, 0.2) is 0 Å². The molecule has 2 aromatic carbocycles. The lowest BCUT2D eigenvalue weighted by molar-refractivity contribution is -0.387. The van der Waals surface area contributed by atoms with Crippen molar-refractivity contribution in [3.8, 4) is 11.5 Å². The predicted octanol–water partition coefficient (Wildman–Crippen LogP) is 4.01. The minimum absolute atomic E-state index is 0.200. The molecule has 5 nitrogen and oxygen atoms in total. The molecule has 0 aliphatic heterocycles. The van der Waals surface area contributed by atoms with Crippen molar-refractivity contribution in [2.75, 3.05) is 7.05 Å². The van der Waals surface area contributed by atoms with Gasteiger partial charge in [-0.3, -0.25) is 10.1 Å². The van der Waals surface area contributed by atoms with Gasteiger partial charge in [-0.25, -0.2) is 0 Å². The van der Waals surface area contributed by atoms with E-state index in [0.717, 1.165) is 22.2 Å². The van der Waals surface area contributed by atoms with Gasteiger partial charge in [0.2, 0.25) is 5.82 Å². The molecule has 1 N–H and O–H groups in total. The molecule has 0 unspecified atom stereocenters. The van der Waals surface area contributed by atoms with E-state index in [1.165, 1.54) is 6.07 Å². The van der Waals surface area contributed by atoms with Gasteiger partial charge in [-0.2, -0.15) is 4.39 Å². The Bertz CT molecular complexity index is 679. The monoisotopic (exact) mass is 354 g/mol. The molecule has 7 heteroatoms. The highest BCUT2D eigenvalue weighted by Gasteiger charge is 2.14. The molecule has 0 atom stereocenters. The number of rotatable bonds is 5. The molecule has 0 heterocycles. The highest BCUT2D eigenvalue weighted by atomic mass is 79.9.